The van der Waals surface area contributed by atoms with Crippen LogP contribution in [0, 0.1) is 0 Å². The second-order valence-electron chi connectivity index (χ2n) is 3.21. The summed E-state index contributed by atoms with van der Waals surface area (Å²) < 4.78 is 19.9. The molecule has 0 saturated carbocycles. The zero-order chi connectivity index (χ0) is 12.1. The second-order valence-corrected chi connectivity index (χ2v) is 3.21. The minimum Gasteiger partial charge on any atom is -0.467 e. The molecule has 0 aromatic carbocycles. The lowest BCUT2D eigenvalue weighted by Gasteiger charge is -2.05. The van der Waals surface area contributed by atoms with E-state index in [1.165, 1.54) is 7.11 Å². The van der Waals surface area contributed by atoms with Crippen molar-refractivity contribution in [2.24, 2.45) is 0 Å². The van der Waals surface area contributed by atoms with Crippen LogP contribution >= 0.6 is 0 Å². The first kappa shape index (κ1) is 15.3. The fourth-order valence-corrected chi connectivity index (χ4v) is 0.901. The number of rotatable bonds is 11. The average Bonchev–Trinajstić information content (AvgIpc) is 2.31. The molecular formula is C11H22O5. The zero-order valence-electron chi connectivity index (χ0n) is 10.2. The molecule has 0 unspecified atom stereocenters. The molecule has 0 fully saturated rings. The van der Waals surface area contributed by atoms with Gasteiger partial charge < -0.3 is 18.9 Å². The lowest BCUT2D eigenvalue weighted by atomic mass is 10.4. The number of hydrogen-bond acceptors (Lipinski definition) is 5. The summed E-state index contributed by atoms with van der Waals surface area (Å²) in [6.07, 6.45) is 2.23. The number of carbonyl (C=O) groups excluding carboxylic acids is 1. The summed E-state index contributed by atoms with van der Waals surface area (Å²) in [5.41, 5.74) is 0. The van der Waals surface area contributed by atoms with Crippen LogP contribution in [-0.4, -0.2) is 52.7 Å². The summed E-state index contributed by atoms with van der Waals surface area (Å²) in [6, 6.07) is 0. The fraction of sp³-hybridized carbons (Fsp3) is 0.909. The van der Waals surface area contributed by atoms with E-state index in [-0.39, 0.29) is 12.6 Å². The summed E-state index contributed by atoms with van der Waals surface area (Å²) in [7, 11) is 1.33. The molecule has 0 spiro atoms. The Morgan fingerprint density at radius 3 is 2.06 bits per heavy atom. The number of hydrogen-bond donors (Lipinski definition) is 0. The van der Waals surface area contributed by atoms with Gasteiger partial charge in [-0.1, -0.05) is 13.3 Å². The Morgan fingerprint density at radius 1 is 0.938 bits per heavy atom. The Morgan fingerprint density at radius 2 is 1.50 bits per heavy atom. The molecule has 0 amide bonds. The highest BCUT2D eigenvalue weighted by Gasteiger charge is 1.98. The zero-order valence-corrected chi connectivity index (χ0v) is 10.2. The second kappa shape index (κ2) is 12.4. The molecule has 0 N–H and O–H groups in total. The van der Waals surface area contributed by atoms with E-state index in [1.54, 1.807) is 0 Å². The molecule has 0 radical (unpaired) electrons. The van der Waals surface area contributed by atoms with Gasteiger partial charge in [-0.3, -0.25) is 0 Å². The van der Waals surface area contributed by atoms with Crippen molar-refractivity contribution >= 4 is 5.97 Å². The number of esters is 1. The fourth-order valence-electron chi connectivity index (χ4n) is 0.901. The van der Waals surface area contributed by atoms with Crippen molar-refractivity contribution in [2.45, 2.75) is 19.8 Å². The third-order valence-electron chi connectivity index (χ3n) is 1.83. The highest BCUT2D eigenvalue weighted by molar-refractivity contribution is 5.70. The highest BCUT2D eigenvalue weighted by Crippen LogP contribution is 1.88. The van der Waals surface area contributed by atoms with Crippen LogP contribution in [0.15, 0.2) is 0 Å². The molecule has 0 aliphatic rings. The first-order valence-corrected chi connectivity index (χ1v) is 5.61. The number of carbonyl (C=O) groups is 1. The largest absolute Gasteiger partial charge is 0.467 e. The molecule has 0 aliphatic heterocycles. The third kappa shape index (κ3) is 11.4. The predicted molar refractivity (Wildman–Crippen MR) is 59.4 cm³/mol. The van der Waals surface area contributed by atoms with E-state index in [1.807, 2.05) is 0 Å². The standard InChI is InChI=1S/C11H22O5/c1-3-4-5-14-6-7-15-8-9-16-10-11(12)13-2/h3-10H2,1-2H3. The van der Waals surface area contributed by atoms with Crippen LogP contribution in [0.4, 0.5) is 0 Å². The van der Waals surface area contributed by atoms with Crippen LogP contribution in [0.3, 0.4) is 0 Å². The van der Waals surface area contributed by atoms with Gasteiger partial charge in [0.25, 0.3) is 0 Å². The molecule has 96 valence electrons. The lowest BCUT2D eigenvalue weighted by molar-refractivity contribution is -0.146. The summed E-state index contributed by atoms with van der Waals surface area (Å²) in [5, 5.41) is 0. The van der Waals surface area contributed by atoms with E-state index in [9.17, 15) is 4.79 Å². The highest BCUT2D eigenvalue weighted by atomic mass is 16.6. The summed E-state index contributed by atoms with van der Waals surface area (Å²) in [5.74, 6) is -0.372. The van der Waals surface area contributed by atoms with Crippen molar-refractivity contribution in [3.8, 4) is 0 Å². The molecular weight excluding hydrogens is 212 g/mol. The van der Waals surface area contributed by atoms with E-state index in [2.05, 4.69) is 11.7 Å². The quantitative estimate of drug-likeness (QED) is 0.394. The van der Waals surface area contributed by atoms with Gasteiger partial charge in [-0.15, -0.1) is 0 Å². The molecule has 0 aromatic heterocycles. The van der Waals surface area contributed by atoms with Crippen LogP contribution < -0.4 is 0 Å². The van der Waals surface area contributed by atoms with Gasteiger partial charge in [0.05, 0.1) is 33.5 Å². The monoisotopic (exact) mass is 234 g/mol. The van der Waals surface area contributed by atoms with Gasteiger partial charge >= 0.3 is 5.97 Å². The molecule has 0 aliphatic carbocycles. The van der Waals surface area contributed by atoms with Crippen molar-refractivity contribution < 1.29 is 23.7 Å². The van der Waals surface area contributed by atoms with Crippen LogP contribution in [0.5, 0.6) is 0 Å². The third-order valence-corrected chi connectivity index (χ3v) is 1.83. The molecule has 0 rings (SSSR count). The van der Waals surface area contributed by atoms with Crippen molar-refractivity contribution in [2.75, 3.05) is 46.8 Å². The normalized spacial score (nSPS) is 10.4. The van der Waals surface area contributed by atoms with E-state index in [0.29, 0.717) is 26.4 Å². The molecule has 16 heavy (non-hydrogen) atoms. The SMILES string of the molecule is CCCCOCCOCCOCC(=O)OC. The molecule has 5 nitrogen and oxygen atoms in total. The van der Waals surface area contributed by atoms with E-state index in [0.717, 1.165) is 19.4 Å². The Balaban J connectivity index is 2.96. The summed E-state index contributed by atoms with van der Waals surface area (Å²) in [4.78, 5) is 10.6. The topological polar surface area (TPSA) is 54.0 Å². The maximum Gasteiger partial charge on any atom is 0.331 e. The Bertz CT molecular complexity index is 160. The van der Waals surface area contributed by atoms with Crippen LogP contribution in [0.25, 0.3) is 0 Å². The van der Waals surface area contributed by atoms with Gasteiger partial charge in [0.1, 0.15) is 6.61 Å². The summed E-state index contributed by atoms with van der Waals surface area (Å²) in [6.45, 7) is 4.92. The minimum atomic E-state index is -0.372. The Kier molecular flexibility index (Phi) is 11.9. The van der Waals surface area contributed by atoms with Crippen LogP contribution in [-0.2, 0) is 23.7 Å². The van der Waals surface area contributed by atoms with Crippen molar-refractivity contribution in [1.29, 1.82) is 0 Å². The molecule has 0 heterocycles. The first-order chi connectivity index (χ1) is 7.81. The molecule has 0 atom stereocenters. The van der Waals surface area contributed by atoms with Gasteiger partial charge in [-0.05, 0) is 6.42 Å². The number of ether oxygens (including phenoxy) is 4. The van der Waals surface area contributed by atoms with Gasteiger partial charge in [0, 0.05) is 6.61 Å². The summed E-state index contributed by atoms with van der Waals surface area (Å²) >= 11 is 0. The first-order valence-electron chi connectivity index (χ1n) is 5.61. The van der Waals surface area contributed by atoms with Gasteiger partial charge in [-0.2, -0.15) is 0 Å². The smallest absolute Gasteiger partial charge is 0.331 e. The van der Waals surface area contributed by atoms with E-state index >= 15 is 0 Å². The van der Waals surface area contributed by atoms with Crippen molar-refractivity contribution in [3.05, 3.63) is 0 Å². The van der Waals surface area contributed by atoms with E-state index in [4.69, 9.17) is 14.2 Å². The van der Waals surface area contributed by atoms with Crippen LogP contribution in [0.2, 0.25) is 0 Å². The molecule has 0 bridgehead atoms. The van der Waals surface area contributed by atoms with Gasteiger partial charge in [-0.25, -0.2) is 4.79 Å². The lowest BCUT2D eigenvalue weighted by Crippen LogP contribution is -2.14. The van der Waals surface area contributed by atoms with Gasteiger partial charge in [0.15, 0.2) is 0 Å². The Labute approximate surface area is 97.0 Å². The molecule has 5 heteroatoms. The molecule has 0 aromatic rings. The maximum atomic E-state index is 10.6. The van der Waals surface area contributed by atoms with Crippen molar-refractivity contribution in [1.82, 2.24) is 0 Å². The van der Waals surface area contributed by atoms with Crippen LogP contribution in [0.1, 0.15) is 19.8 Å². The molecule has 0 saturated heterocycles. The number of unbranched alkanes of at least 4 members (excludes halogenated alkanes) is 1. The minimum absolute atomic E-state index is 0.0210. The van der Waals surface area contributed by atoms with E-state index < -0.39 is 0 Å². The van der Waals surface area contributed by atoms with Gasteiger partial charge in [0.2, 0.25) is 0 Å². The Hall–Kier alpha value is -0.650. The average molecular weight is 234 g/mol. The number of methoxy groups -OCH3 is 1. The predicted octanol–water partition coefficient (Wildman–Crippen LogP) is 1.01. The van der Waals surface area contributed by atoms with Crippen molar-refractivity contribution in [3.63, 3.8) is 0 Å². The maximum absolute atomic E-state index is 10.6.